The first-order valence-corrected chi connectivity index (χ1v) is 15.0. The summed E-state index contributed by atoms with van der Waals surface area (Å²) in [4.78, 5) is 0. The highest BCUT2D eigenvalue weighted by Gasteiger charge is 2.42. The van der Waals surface area contributed by atoms with E-state index in [4.69, 9.17) is 26.2 Å². The van der Waals surface area contributed by atoms with Crippen LogP contribution in [0.5, 0.6) is 11.5 Å². The monoisotopic (exact) mass is 644 g/mol. The molecule has 0 aromatic heterocycles. The van der Waals surface area contributed by atoms with Gasteiger partial charge in [0.05, 0.1) is 22.8 Å². The van der Waals surface area contributed by atoms with E-state index in [2.05, 4.69) is 62.0 Å². The molecule has 2 aliphatic heterocycles. The number of hydrogen-bond donors (Lipinski definition) is 0. The average Bonchev–Trinajstić information content (AvgIpc) is 3.35. The van der Waals surface area contributed by atoms with Crippen LogP contribution in [-0.4, -0.2) is 17.3 Å². The molecule has 3 aromatic rings. The van der Waals surface area contributed by atoms with Crippen molar-refractivity contribution >= 4 is 49.2 Å². The number of hydrogen-bond acceptors (Lipinski definition) is 4. The van der Waals surface area contributed by atoms with E-state index in [0.29, 0.717) is 0 Å². The molecule has 0 unspecified atom stereocenters. The fraction of sp³-hybridized carbons (Fsp3) is 0.367. The lowest BCUT2D eigenvalue weighted by Crippen LogP contribution is -2.33. The van der Waals surface area contributed by atoms with Gasteiger partial charge in [-0.1, -0.05) is 78.7 Å². The molecule has 37 heavy (non-hydrogen) atoms. The van der Waals surface area contributed by atoms with Gasteiger partial charge in [0, 0.05) is 27.0 Å². The van der Waals surface area contributed by atoms with E-state index in [1.165, 1.54) is 32.1 Å². The minimum atomic E-state index is -0.340. The molecule has 0 fully saturated rings. The van der Waals surface area contributed by atoms with Crippen LogP contribution in [0.4, 0.5) is 0 Å². The zero-order valence-corrected chi connectivity index (χ0v) is 24.9. The van der Waals surface area contributed by atoms with E-state index < -0.39 is 0 Å². The van der Waals surface area contributed by atoms with Crippen LogP contribution in [0.2, 0.25) is 5.02 Å². The highest BCUT2D eigenvalue weighted by atomic mass is 79.9. The predicted octanol–water partition coefficient (Wildman–Crippen LogP) is 9.85. The zero-order chi connectivity index (χ0) is 25.8. The largest absolute Gasteiger partial charge is 0.494 e. The highest BCUT2D eigenvalue weighted by Crippen LogP contribution is 2.51. The van der Waals surface area contributed by atoms with Crippen molar-refractivity contribution in [2.75, 3.05) is 6.61 Å². The molecule has 0 saturated heterocycles. The van der Waals surface area contributed by atoms with Crippen LogP contribution in [0.1, 0.15) is 80.8 Å². The van der Waals surface area contributed by atoms with Gasteiger partial charge in [-0.2, -0.15) is 5.10 Å². The summed E-state index contributed by atoms with van der Waals surface area (Å²) >= 11 is 13.5. The molecule has 194 valence electrons. The maximum atomic E-state index is 6.60. The van der Waals surface area contributed by atoms with Crippen molar-refractivity contribution < 1.29 is 9.47 Å². The average molecular weight is 647 g/mol. The van der Waals surface area contributed by atoms with Gasteiger partial charge in [0.2, 0.25) is 6.23 Å². The Morgan fingerprint density at radius 1 is 0.973 bits per heavy atom. The lowest BCUT2D eigenvalue weighted by atomic mass is 9.96. The Hall–Kier alpha value is -2.02. The van der Waals surface area contributed by atoms with E-state index in [0.717, 1.165) is 67.3 Å². The molecular formula is C30H31Br2ClN2O2. The summed E-state index contributed by atoms with van der Waals surface area (Å²) in [6.07, 6.45) is 7.98. The normalized spacial score (nSPS) is 18.2. The van der Waals surface area contributed by atoms with Crippen LogP contribution in [-0.2, 0) is 0 Å². The molecule has 2 heterocycles. The fourth-order valence-corrected chi connectivity index (χ4v) is 6.43. The van der Waals surface area contributed by atoms with Crippen molar-refractivity contribution in [1.29, 1.82) is 0 Å². The standard InChI is InChI=1S/C30H31Br2ClN2O2/c1-2-3-4-5-6-7-16-36-24-14-10-21(11-15-24)30-35-28(25-17-22(31)18-26(32)29(25)37-30)19-27(34-35)20-8-12-23(33)13-9-20/h8-15,17-18,28,30H,2-7,16,19H2,1H3/t28-,30+/m0/s1. The van der Waals surface area contributed by atoms with Gasteiger partial charge >= 0.3 is 0 Å². The third-order valence-corrected chi connectivity index (χ3v) is 8.22. The molecule has 0 N–H and O–H groups in total. The minimum Gasteiger partial charge on any atom is -0.494 e. The number of halogens is 3. The van der Waals surface area contributed by atoms with Crippen LogP contribution < -0.4 is 9.47 Å². The Morgan fingerprint density at radius 2 is 1.70 bits per heavy atom. The summed E-state index contributed by atoms with van der Waals surface area (Å²) in [7, 11) is 0. The van der Waals surface area contributed by atoms with Gasteiger partial charge in [-0.3, -0.25) is 0 Å². The second-order valence-corrected chi connectivity index (χ2v) is 11.8. The molecule has 0 amide bonds. The van der Waals surface area contributed by atoms with Crippen molar-refractivity contribution in [3.63, 3.8) is 0 Å². The molecule has 0 aliphatic carbocycles. The van der Waals surface area contributed by atoms with Crippen molar-refractivity contribution in [1.82, 2.24) is 5.01 Å². The van der Waals surface area contributed by atoms with Gasteiger partial charge in [-0.05, 0) is 76.4 Å². The summed E-state index contributed by atoms with van der Waals surface area (Å²) in [6, 6.07) is 20.4. The van der Waals surface area contributed by atoms with Crippen molar-refractivity contribution in [2.24, 2.45) is 5.10 Å². The number of ether oxygens (including phenoxy) is 2. The van der Waals surface area contributed by atoms with Crippen LogP contribution >= 0.6 is 43.5 Å². The third kappa shape index (κ3) is 6.18. The summed E-state index contributed by atoms with van der Waals surface area (Å²) in [5, 5.41) is 7.87. The number of unbranched alkanes of at least 4 members (excludes halogenated alkanes) is 5. The molecule has 5 rings (SSSR count). The third-order valence-electron chi connectivity index (χ3n) is 6.92. The van der Waals surface area contributed by atoms with E-state index in [1.807, 2.05) is 42.5 Å². The quantitative estimate of drug-likeness (QED) is 0.206. The molecule has 7 heteroatoms. The van der Waals surface area contributed by atoms with Gasteiger partial charge in [-0.15, -0.1) is 0 Å². The Balaban J connectivity index is 1.35. The summed E-state index contributed by atoms with van der Waals surface area (Å²) in [5.41, 5.74) is 4.26. The smallest absolute Gasteiger partial charge is 0.213 e. The minimum absolute atomic E-state index is 0.0665. The summed E-state index contributed by atoms with van der Waals surface area (Å²) < 4.78 is 14.5. The van der Waals surface area contributed by atoms with Crippen molar-refractivity contribution in [2.45, 2.75) is 64.1 Å². The molecular weight excluding hydrogens is 616 g/mol. The Kier molecular flexibility index (Phi) is 8.78. The second-order valence-electron chi connectivity index (χ2n) is 9.61. The number of hydrazone groups is 1. The molecule has 4 nitrogen and oxygen atoms in total. The number of fused-ring (bicyclic) bond motifs is 3. The lowest BCUT2D eigenvalue weighted by Gasteiger charge is -2.38. The van der Waals surface area contributed by atoms with Crippen LogP contribution in [0, 0.1) is 0 Å². The Labute approximate surface area is 241 Å². The fourth-order valence-electron chi connectivity index (χ4n) is 4.95. The maximum absolute atomic E-state index is 6.60. The Morgan fingerprint density at radius 3 is 2.46 bits per heavy atom. The van der Waals surface area contributed by atoms with E-state index in [1.54, 1.807) is 0 Å². The van der Waals surface area contributed by atoms with E-state index in [9.17, 15) is 0 Å². The summed E-state index contributed by atoms with van der Waals surface area (Å²) in [6.45, 7) is 3.00. The van der Waals surface area contributed by atoms with Crippen LogP contribution in [0.25, 0.3) is 0 Å². The number of rotatable bonds is 10. The Bertz CT molecular complexity index is 1250. The summed E-state index contributed by atoms with van der Waals surface area (Å²) in [5.74, 6) is 1.76. The lowest BCUT2D eigenvalue weighted by molar-refractivity contribution is -0.0197. The molecule has 0 saturated carbocycles. The van der Waals surface area contributed by atoms with Crippen LogP contribution in [0.15, 0.2) is 74.7 Å². The van der Waals surface area contributed by atoms with Crippen molar-refractivity contribution in [3.8, 4) is 11.5 Å². The van der Waals surface area contributed by atoms with Crippen molar-refractivity contribution in [3.05, 3.63) is 91.3 Å². The number of nitrogens with zero attached hydrogens (tertiary/aromatic N) is 2. The molecule has 0 spiro atoms. The molecule has 3 aromatic carbocycles. The molecule has 2 atom stereocenters. The SMILES string of the molecule is CCCCCCCCOc1ccc([C@H]2Oc3c(Br)cc(Br)cc3[C@@H]3CC(c4ccc(Cl)cc4)=NN23)cc1. The van der Waals surface area contributed by atoms with E-state index >= 15 is 0 Å². The van der Waals surface area contributed by atoms with Gasteiger partial charge in [0.15, 0.2) is 0 Å². The topological polar surface area (TPSA) is 34.1 Å². The molecule has 2 aliphatic rings. The molecule has 0 radical (unpaired) electrons. The predicted molar refractivity (Wildman–Crippen MR) is 158 cm³/mol. The highest BCUT2D eigenvalue weighted by molar-refractivity contribution is 9.11. The van der Waals surface area contributed by atoms with E-state index in [-0.39, 0.29) is 12.3 Å². The molecule has 0 bridgehead atoms. The van der Waals surface area contributed by atoms with Crippen LogP contribution in [0.3, 0.4) is 0 Å². The number of benzene rings is 3. The maximum Gasteiger partial charge on any atom is 0.213 e. The zero-order valence-electron chi connectivity index (χ0n) is 20.9. The van der Waals surface area contributed by atoms with Gasteiger partial charge in [0.25, 0.3) is 0 Å². The first-order valence-electron chi connectivity index (χ1n) is 13.0. The first kappa shape index (κ1) is 26.6. The van der Waals surface area contributed by atoms with Gasteiger partial charge < -0.3 is 9.47 Å². The van der Waals surface area contributed by atoms with Gasteiger partial charge in [-0.25, -0.2) is 5.01 Å². The van der Waals surface area contributed by atoms with Gasteiger partial charge in [0.1, 0.15) is 11.5 Å². The second kappa shape index (κ2) is 12.2. The first-order chi connectivity index (χ1) is 18.0.